The lowest BCUT2D eigenvalue weighted by Gasteiger charge is -2.10. The molecule has 0 saturated heterocycles. The summed E-state index contributed by atoms with van der Waals surface area (Å²) in [6, 6.07) is 5.65. The van der Waals surface area contributed by atoms with Crippen LogP contribution in [0.3, 0.4) is 0 Å². The van der Waals surface area contributed by atoms with E-state index >= 15 is 0 Å². The fraction of sp³-hybridized carbons (Fsp3) is 0.333. The molecule has 0 amide bonds. The normalized spacial score (nSPS) is 14.8. The number of hydrogen-bond donors (Lipinski definition) is 1. The number of phenols is 1. The minimum Gasteiger partial charge on any atom is -0.508 e. The van der Waals surface area contributed by atoms with E-state index in [4.69, 9.17) is 0 Å². The van der Waals surface area contributed by atoms with Crippen molar-refractivity contribution < 1.29 is 5.11 Å². The largest absolute Gasteiger partial charge is 0.508 e. The van der Waals surface area contributed by atoms with Gasteiger partial charge in [-0.3, -0.25) is 0 Å². The molecule has 0 atom stereocenters. The average Bonchev–Trinajstić information content (AvgIpc) is 3.11. The van der Waals surface area contributed by atoms with Crippen molar-refractivity contribution >= 4 is 0 Å². The first-order valence-corrected chi connectivity index (χ1v) is 6.27. The number of aryl methyl sites for hydroxylation is 2. The van der Waals surface area contributed by atoms with Gasteiger partial charge in [-0.2, -0.15) is 0 Å². The van der Waals surface area contributed by atoms with Crippen LogP contribution in [0.1, 0.15) is 35.6 Å². The van der Waals surface area contributed by atoms with Crippen LogP contribution in [0.5, 0.6) is 5.75 Å². The SMILES string of the molecule is Cc1cc(O)cc(C)c1-c1cc(C2CC2)ncn1. The summed E-state index contributed by atoms with van der Waals surface area (Å²) in [6.45, 7) is 4.00. The van der Waals surface area contributed by atoms with Crippen molar-refractivity contribution in [3.63, 3.8) is 0 Å². The zero-order chi connectivity index (χ0) is 12.7. The summed E-state index contributed by atoms with van der Waals surface area (Å²) in [4.78, 5) is 8.72. The van der Waals surface area contributed by atoms with Gasteiger partial charge in [0.05, 0.1) is 5.69 Å². The summed E-state index contributed by atoms with van der Waals surface area (Å²) in [7, 11) is 0. The van der Waals surface area contributed by atoms with E-state index < -0.39 is 0 Å². The molecule has 0 bridgehead atoms. The molecule has 0 radical (unpaired) electrons. The molecule has 3 nitrogen and oxygen atoms in total. The van der Waals surface area contributed by atoms with Crippen LogP contribution in [0.25, 0.3) is 11.3 Å². The van der Waals surface area contributed by atoms with E-state index in [1.165, 1.54) is 12.8 Å². The third-order valence-electron chi connectivity index (χ3n) is 3.46. The van der Waals surface area contributed by atoms with Gasteiger partial charge in [0.2, 0.25) is 0 Å². The van der Waals surface area contributed by atoms with Crippen molar-refractivity contribution in [2.24, 2.45) is 0 Å². The number of hydrogen-bond acceptors (Lipinski definition) is 3. The minimum atomic E-state index is 0.310. The molecule has 1 N–H and O–H groups in total. The van der Waals surface area contributed by atoms with E-state index in [0.717, 1.165) is 28.1 Å². The second-order valence-corrected chi connectivity index (χ2v) is 5.06. The summed E-state index contributed by atoms with van der Waals surface area (Å²) in [5, 5.41) is 9.59. The summed E-state index contributed by atoms with van der Waals surface area (Å²) in [6.07, 6.45) is 4.13. The smallest absolute Gasteiger partial charge is 0.116 e. The molecule has 1 fully saturated rings. The van der Waals surface area contributed by atoms with Gasteiger partial charge in [0.1, 0.15) is 12.1 Å². The Balaban J connectivity index is 2.11. The molecule has 1 saturated carbocycles. The summed E-state index contributed by atoms with van der Waals surface area (Å²) < 4.78 is 0. The molecule has 3 heteroatoms. The van der Waals surface area contributed by atoms with Crippen LogP contribution in [0.15, 0.2) is 24.5 Å². The highest BCUT2D eigenvalue weighted by atomic mass is 16.3. The maximum atomic E-state index is 9.59. The van der Waals surface area contributed by atoms with Crippen LogP contribution in [-0.4, -0.2) is 15.1 Å². The molecule has 3 rings (SSSR count). The van der Waals surface area contributed by atoms with Crippen molar-refractivity contribution in [1.82, 2.24) is 9.97 Å². The van der Waals surface area contributed by atoms with Crippen molar-refractivity contribution in [1.29, 1.82) is 0 Å². The van der Waals surface area contributed by atoms with Gasteiger partial charge in [-0.15, -0.1) is 0 Å². The van der Waals surface area contributed by atoms with Gasteiger partial charge in [0, 0.05) is 17.2 Å². The predicted molar refractivity (Wildman–Crippen MR) is 70.6 cm³/mol. The Bertz CT molecular complexity index is 580. The second-order valence-electron chi connectivity index (χ2n) is 5.06. The highest BCUT2D eigenvalue weighted by molar-refractivity contribution is 5.69. The van der Waals surface area contributed by atoms with E-state index in [0.29, 0.717) is 11.7 Å². The van der Waals surface area contributed by atoms with Crippen LogP contribution in [0, 0.1) is 13.8 Å². The standard InChI is InChI=1S/C15H16N2O/c1-9-5-12(18)6-10(2)15(9)14-7-13(11-3-4-11)16-8-17-14/h5-8,11,18H,3-4H2,1-2H3. The number of aromatic nitrogens is 2. The van der Waals surface area contributed by atoms with Crippen molar-refractivity contribution in [3.8, 4) is 17.0 Å². The maximum absolute atomic E-state index is 9.59. The van der Waals surface area contributed by atoms with Crippen LogP contribution in [0.2, 0.25) is 0 Å². The minimum absolute atomic E-state index is 0.310. The summed E-state index contributed by atoms with van der Waals surface area (Å²) >= 11 is 0. The molecule has 1 aliphatic rings. The van der Waals surface area contributed by atoms with Gasteiger partial charge >= 0.3 is 0 Å². The van der Waals surface area contributed by atoms with Crippen molar-refractivity contribution in [2.75, 3.05) is 0 Å². The Morgan fingerprint density at radius 2 is 1.72 bits per heavy atom. The van der Waals surface area contributed by atoms with E-state index in [-0.39, 0.29) is 0 Å². The fourth-order valence-corrected chi connectivity index (χ4v) is 2.46. The van der Waals surface area contributed by atoms with Crippen molar-refractivity contribution in [3.05, 3.63) is 41.3 Å². The van der Waals surface area contributed by atoms with E-state index in [1.54, 1.807) is 18.5 Å². The number of phenolic OH excluding ortho intramolecular Hbond substituents is 1. The molecule has 0 spiro atoms. The zero-order valence-corrected chi connectivity index (χ0v) is 10.6. The molecule has 0 aliphatic heterocycles. The van der Waals surface area contributed by atoms with Crippen LogP contribution < -0.4 is 0 Å². The molecule has 92 valence electrons. The van der Waals surface area contributed by atoms with Gasteiger partial charge in [-0.1, -0.05) is 0 Å². The Morgan fingerprint density at radius 1 is 1.06 bits per heavy atom. The quantitative estimate of drug-likeness (QED) is 0.875. The fourth-order valence-electron chi connectivity index (χ4n) is 2.46. The molecule has 0 unspecified atom stereocenters. The number of nitrogens with zero attached hydrogens (tertiary/aromatic N) is 2. The molecule has 2 aromatic rings. The molecule has 1 heterocycles. The lowest BCUT2D eigenvalue weighted by molar-refractivity contribution is 0.474. The van der Waals surface area contributed by atoms with Gasteiger partial charge in [0.25, 0.3) is 0 Å². The highest BCUT2D eigenvalue weighted by Gasteiger charge is 2.25. The Morgan fingerprint density at radius 3 is 2.33 bits per heavy atom. The first-order chi connectivity index (χ1) is 8.65. The summed E-state index contributed by atoms with van der Waals surface area (Å²) in [5.41, 5.74) is 5.31. The lowest BCUT2D eigenvalue weighted by atomic mass is 9.98. The third-order valence-corrected chi connectivity index (χ3v) is 3.46. The molecule has 1 aliphatic carbocycles. The molecular weight excluding hydrogens is 224 g/mol. The third kappa shape index (κ3) is 1.96. The van der Waals surface area contributed by atoms with Crippen LogP contribution >= 0.6 is 0 Å². The molecular formula is C15H16N2O. The van der Waals surface area contributed by atoms with Gasteiger partial charge in [-0.05, 0) is 56.0 Å². The topological polar surface area (TPSA) is 46.0 Å². The molecule has 1 aromatic heterocycles. The van der Waals surface area contributed by atoms with Crippen LogP contribution in [-0.2, 0) is 0 Å². The van der Waals surface area contributed by atoms with E-state index in [9.17, 15) is 5.11 Å². The van der Waals surface area contributed by atoms with Gasteiger partial charge in [0.15, 0.2) is 0 Å². The average molecular weight is 240 g/mol. The molecule has 1 aromatic carbocycles. The van der Waals surface area contributed by atoms with Crippen LogP contribution in [0.4, 0.5) is 0 Å². The summed E-state index contributed by atoms with van der Waals surface area (Å²) in [5.74, 6) is 0.940. The number of benzene rings is 1. The Labute approximate surface area is 107 Å². The van der Waals surface area contributed by atoms with Gasteiger partial charge < -0.3 is 5.11 Å². The number of rotatable bonds is 2. The zero-order valence-electron chi connectivity index (χ0n) is 10.6. The second kappa shape index (κ2) is 4.09. The highest BCUT2D eigenvalue weighted by Crippen LogP contribution is 2.40. The van der Waals surface area contributed by atoms with E-state index in [1.807, 2.05) is 13.8 Å². The number of aromatic hydroxyl groups is 1. The first-order valence-electron chi connectivity index (χ1n) is 6.27. The monoisotopic (exact) mass is 240 g/mol. The first kappa shape index (κ1) is 11.2. The molecule has 18 heavy (non-hydrogen) atoms. The lowest BCUT2D eigenvalue weighted by Crippen LogP contribution is -1.95. The predicted octanol–water partition coefficient (Wildman–Crippen LogP) is 3.34. The Hall–Kier alpha value is -1.90. The maximum Gasteiger partial charge on any atom is 0.116 e. The Kier molecular flexibility index (Phi) is 2.54. The van der Waals surface area contributed by atoms with Gasteiger partial charge in [-0.25, -0.2) is 9.97 Å². The van der Waals surface area contributed by atoms with E-state index in [2.05, 4.69) is 16.0 Å². The van der Waals surface area contributed by atoms with Crippen molar-refractivity contribution in [2.45, 2.75) is 32.6 Å².